The van der Waals surface area contributed by atoms with Crippen molar-refractivity contribution in [2.75, 3.05) is 0 Å². The molecular formula is C37H32N2O4. The number of hydrogen-bond acceptors (Lipinski definition) is 5. The maximum absolute atomic E-state index is 12.1. The molecule has 6 heteroatoms. The lowest BCUT2D eigenvalue weighted by Gasteiger charge is -2.28. The van der Waals surface area contributed by atoms with E-state index in [1.165, 1.54) is 0 Å². The van der Waals surface area contributed by atoms with Gasteiger partial charge in [0.2, 0.25) is 5.89 Å². The second-order valence-corrected chi connectivity index (χ2v) is 10.7. The first kappa shape index (κ1) is 28.0. The molecule has 6 rings (SSSR count). The number of oxazole rings is 1. The zero-order valence-corrected chi connectivity index (χ0v) is 23.9. The molecule has 2 unspecified atom stereocenters. The molecule has 1 aromatic heterocycles. The van der Waals surface area contributed by atoms with Gasteiger partial charge in [-0.1, -0.05) is 72.5 Å². The molecule has 0 amide bonds. The van der Waals surface area contributed by atoms with Crippen molar-refractivity contribution in [3.63, 3.8) is 0 Å². The standard InChI is InChI=1S/C37H32N2O4/c1-26-33(38-36(42-26)30-10-4-2-5-11-30)14-8-9-27-15-19-29(20-16-27)34-23-24-35(37(40)41)39(34)25-28-17-21-32(22-18-28)43-31-12-6-3-7-13-31/h2-7,10-13,15-22,34-35H,14,23-25H2,1H3,(H,40,41). The third-order valence-corrected chi connectivity index (χ3v) is 7.76. The Kier molecular flexibility index (Phi) is 8.35. The van der Waals surface area contributed by atoms with E-state index in [0.29, 0.717) is 25.3 Å². The summed E-state index contributed by atoms with van der Waals surface area (Å²) < 4.78 is 11.8. The molecule has 1 aliphatic rings. The lowest BCUT2D eigenvalue weighted by atomic mass is 10.0. The molecule has 0 aliphatic carbocycles. The van der Waals surface area contributed by atoms with Gasteiger partial charge in [-0.05, 0) is 79.4 Å². The summed E-state index contributed by atoms with van der Waals surface area (Å²) in [6.07, 6.45) is 1.89. The van der Waals surface area contributed by atoms with Gasteiger partial charge in [0, 0.05) is 23.7 Å². The van der Waals surface area contributed by atoms with Crippen LogP contribution in [0.15, 0.2) is 114 Å². The van der Waals surface area contributed by atoms with Crippen LogP contribution in [0.1, 0.15) is 47.0 Å². The van der Waals surface area contributed by atoms with Gasteiger partial charge in [-0.3, -0.25) is 9.69 Å². The number of carboxylic acid groups (broad SMARTS) is 1. The van der Waals surface area contributed by atoms with Gasteiger partial charge < -0.3 is 14.3 Å². The van der Waals surface area contributed by atoms with E-state index in [1.807, 2.05) is 104 Å². The largest absolute Gasteiger partial charge is 0.480 e. The number of aromatic nitrogens is 1. The van der Waals surface area contributed by atoms with Gasteiger partial charge in [0.05, 0.1) is 12.1 Å². The Hall–Kier alpha value is -5.12. The van der Waals surface area contributed by atoms with Gasteiger partial charge in [0.1, 0.15) is 23.3 Å². The fourth-order valence-electron chi connectivity index (χ4n) is 5.52. The number of ether oxygens (including phenoxy) is 1. The van der Waals surface area contributed by atoms with Crippen molar-refractivity contribution in [2.45, 2.75) is 44.8 Å². The summed E-state index contributed by atoms with van der Waals surface area (Å²) in [7, 11) is 0. The number of aryl methyl sites for hydroxylation is 1. The minimum Gasteiger partial charge on any atom is -0.480 e. The first-order chi connectivity index (χ1) is 21.0. The quantitative estimate of drug-likeness (QED) is 0.192. The second-order valence-electron chi connectivity index (χ2n) is 10.7. The summed E-state index contributed by atoms with van der Waals surface area (Å²) >= 11 is 0. The number of aliphatic carboxylic acids is 1. The number of likely N-dealkylation sites (tertiary alicyclic amines) is 1. The minimum absolute atomic E-state index is 0.0116. The Morgan fingerprint density at radius 1 is 0.907 bits per heavy atom. The maximum Gasteiger partial charge on any atom is 0.320 e. The number of nitrogens with zero attached hydrogens (tertiary/aromatic N) is 2. The van der Waals surface area contributed by atoms with Gasteiger partial charge in [-0.25, -0.2) is 4.98 Å². The number of para-hydroxylation sites is 1. The van der Waals surface area contributed by atoms with E-state index in [2.05, 4.69) is 33.9 Å². The van der Waals surface area contributed by atoms with Crippen LogP contribution in [0.3, 0.4) is 0 Å². The summed E-state index contributed by atoms with van der Waals surface area (Å²) in [5.41, 5.74) is 4.82. The average molecular weight is 569 g/mol. The fourth-order valence-corrected chi connectivity index (χ4v) is 5.52. The normalized spacial score (nSPS) is 16.4. The summed E-state index contributed by atoms with van der Waals surface area (Å²) in [4.78, 5) is 18.9. The second kappa shape index (κ2) is 12.8. The van der Waals surface area contributed by atoms with E-state index in [1.54, 1.807) is 0 Å². The summed E-state index contributed by atoms with van der Waals surface area (Å²) in [5.74, 6) is 8.58. The maximum atomic E-state index is 12.1. The van der Waals surface area contributed by atoms with Crippen molar-refractivity contribution < 1.29 is 19.1 Å². The van der Waals surface area contributed by atoms with Crippen LogP contribution in [-0.4, -0.2) is 27.0 Å². The molecular weight excluding hydrogens is 536 g/mol. The topological polar surface area (TPSA) is 75.8 Å². The molecule has 214 valence electrons. The first-order valence-electron chi connectivity index (χ1n) is 14.4. The summed E-state index contributed by atoms with van der Waals surface area (Å²) in [6, 6.07) is 35.0. The highest BCUT2D eigenvalue weighted by atomic mass is 16.5. The van der Waals surface area contributed by atoms with E-state index < -0.39 is 12.0 Å². The Labute approximate surface area is 251 Å². The fraction of sp³-hybridized carbons (Fsp3) is 0.189. The third-order valence-electron chi connectivity index (χ3n) is 7.76. The average Bonchev–Trinajstić information content (AvgIpc) is 3.63. The number of hydrogen-bond donors (Lipinski definition) is 1. The molecule has 43 heavy (non-hydrogen) atoms. The number of rotatable bonds is 8. The van der Waals surface area contributed by atoms with Crippen molar-refractivity contribution in [2.24, 2.45) is 0 Å². The molecule has 2 atom stereocenters. The predicted molar refractivity (Wildman–Crippen MR) is 166 cm³/mol. The Bertz CT molecular complexity index is 1730. The van der Waals surface area contributed by atoms with Crippen molar-refractivity contribution in [3.05, 3.63) is 137 Å². The van der Waals surface area contributed by atoms with Crippen molar-refractivity contribution in [1.82, 2.24) is 9.88 Å². The van der Waals surface area contributed by atoms with Gasteiger partial charge in [-0.2, -0.15) is 0 Å². The molecule has 0 radical (unpaired) electrons. The summed E-state index contributed by atoms with van der Waals surface area (Å²) in [6.45, 7) is 2.45. The van der Waals surface area contributed by atoms with Crippen LogP contribution in [0.5, 0.6) is 11.5 Å². The summed E-state index contributed by atoms with van der Waals surface area (Å²) in [5, 5.41) is 9.96. The van der Waals surface area contributed by atoms with Crippen LogP contribution in [-0.2, 0) is 17.8 Å². The van der Waals surface area contributed by atoms with Crippen molar-refractivity contribution in [3.8, 4) is 34.8 Å². The lowest BCUT2D eigenvalue weighted by molar-refractivity contribution is -0.142. The highest BCUT2D eigenvalue weighted by Crippen LogP contribution is 2.38. The number of carboxylic acids is 1. The molecule has 6 nitrogen and oxygen atoms in total. The molecule has 4 aromatic carbocycles. The van der Waals surface area contributed by atoms with E-state index in [4.69, 9.17) is 9.15 Å². The lowest BCUT2D eigenvalue weighted by Crippen LogP contribution is -2.36. The molecule has 5 aromatic rings. The number of carbonyl (C=O) groups is 1. The molecule has 0 bridgehead atoms. The molecule has 1 N–H and O–H groups in total. The van der Waals surface area contributed by atoms with Crippen LogP contribution >= 0.6 is 0 Å². The van der Waals surface area contributed by atoms with Crippen LogP contribution in [0, 0.1) is 18.8 Å². The van der Waals surface area contributed by atoms with Gasteiger partial charge in [0.15, 0.2) is 0 Å². The van der Waals surface area contributed by atoms with Gasteiger partial charge in [-0.15, -0.1) is 0 Å². The molecule has 1 aliphatic heterocycles. The predicted octanol–water partition coefficient (Wildman–Crippen LogP) is 7.83. The highest BCUT2D eigenvalue weighted by molar-refractivity contribution is 5.74. The Balaban J connectivity index is 1.12. The van der Waals surface area contributed by atoms with E-state index >= 15 is 0 Å². The van der Waals surface area contributed by atoms with E-state index in [-0.39, 0.29) is 6.04 Å². The zero-order valence-electron chi connectivity index (χ0n) is 23.9. The van der Waals surface area contributed by atoms with Gasteiger partial charge in [0.25, 0.3) is 0 Å². The smallest absolute Gasteiger partial charge is 0.320 e. The Morgan fingerprint density at radius 2 is 1.58 bits per heavy atom. The van der Waals surface area contributed by atoms with Crippen LogP contribution < -0.4 is 4.74 Å². The van der Waals surface area contributed by atoms with Gasteiger partial charge >= 0.3 is 5.97 Å². The highest BCUT2D eigenvalue weighted by Gasteiger charge is 2.38. The molecule has 1 fully saturated rings. The Morgan fingerprint density at radius 3 is 2.28 bits per heavy atom. The molecule has 1 saturated heterocycles. The zero-order chi connectivity index (χ0) is 29.6. The van der Waals surface area contributed by atoms with Crippen LogP contribution in [0.4, 0.5) is 0 Å². The number of benzene rings is 4. The van der Waals surface area contributed by atoms with Crippen molar-refractivity contribution >= 4 is 5.97 Å². The third kappa shape index (κ3) is 6.69. The SMILES string of the molecule is Cc1oc(-c2ccccc2)nc1CC#Cc1ccc(C2CCC(C(=O)O)N2Cc2ccc(Oc3ccccc3)cc2)cc1. The van der Waals surface area contributed by atoms with E-state index in [0.717, 1.165) is 51.6 Å². The van der Waals surface area contributed by atoms with Crippen LogP contribution in [0.2, 0.25) is 0 Å². The molecule has 0 spiro atoms. The van der Waals surface area contributed by atoms with Crippen molar-refractivity contribution in [1.29, 1.82) is 0 Å². The minimum atomic E-state index is -0.785. The molecule has 0 saturated carbocycles. The molecule has 2 heterocycles. The van der Waals surface area contributed by atoms with E-state index in [9.17, 15) is 9.90 Å². The van der Waals surface area contributed by atoms with Crippen LogP contribution in [0.25, 0.3) is 11.5 Å². The first-order valence-corrected chi connectivity index (χ1v) is 14.4. The monoisotopic (exact) mass is 568 g/mol.